The van der Waals surface area contributed by atoms with Crippen LogP contribution in [0, 0.1) is 5.92 Å². The summed E-state index contributed by atoms with van der Waals surface area (Å²) in [6.45, 7) is 9.17. The fraction of sp³-hybridized carbons (Fsp3) is 0.800. The average Bonchev–Trinajstić information content (AvgIpc) is 2.88. The summed E-state index contributed by atoms with van der Waals surface area (Å²) in [5.41, 5.74) is 0. The molecule has 0 aliphatic rings. The van der Waals surface area contributed by atoms with Gasteiger partial charge in [-0.1, -0.05) is 13.8 Å². The minimum Gasteiger partial charge on any atom is -0.389 e. The van der Waals surface area contributed by atoms with Crippen LogP contribution in [0.1, 0.15) is 33.6 Å². The topological polar surface area (TPSA) is 59.3 Å². The standard InChI is InChI=1S/C15H29N3O2/c1-13(2)10-14(3)20-12-15(19)11-16-6-4-8-18-9-5-7-17-18/h5,7,9,13-16,19H,4,6,8,10-12H2,1-3H3. The number of aryl methyl sites for hydroxylation is 1. The summed E-state index contributed by atoms with van der Waals surface area (Å²) < 4.78 is 7.54. The van der Waals surface area contributed by atoms with Crippen LogP contribution in [0.15, 0.2) is 18.5 Å². The molecule has 1 aromatic rings. The number of hydrogen-bond acceptors (Lipinski definition) is 4. The smallest absolute Gasteiger partial charge is 0.0897 e. The molecule has 116 valence electrons. The molecule has 1 rings (SSSR count). The van der Waals surface area contributed by atoms with Gasteiger partial charge in [-0.25, -0.2) is 0 Å². The van der Waals surface area contributed by atoms with Gasteiger partial charge in [0.25, 0.3) is 0 Å². The Balaban J connectivity index is 1.95. The number of nitrogens with zero attached hydrogens (tertiary/aromatic N) is 2. The summed E-state index contributed by atoms with van der Waals surface area (Å²) in [6, 6.07) is 1.92. The molecule has 0 saturated carbocycles. The molecule has 5 heteroatoms. The van der Waals surface area contributed by atoms with Gasteiger partial charge in [-0.15, -0.1) is 0 Å². The minimum atomic E-state index is -0.436. The van der Waals surface area contributed by atoms with Gasteiger partial charge in [0.15, 0.2) is 0 Å². The van der Waals surface area contributed by atoms with E-state index < -0.39 is 6.10 Å². The Morgan fingerprint density at radius 2 is 2.15 bits per heavy atom. The van der Waals surface area contributed by atoms with Crippen LogP contribution < -0.4 is 5.32 Å². The molecule has 1 aromatic heterocycles. The van der Waals surface area contributed by atoms with Crippen LogP contribution in [-0.4, -0.2) is 46.8 Å². The van der Waals surface area contributed by atoms with Crippen LogP contribution in [0.5, 0.6) is 0 Å². The van der Waals surface area contributed by atoms with Crippen LogP contribution in [0.4, 0.5) is 0 Å². The summed E-state index contributed by atoms with van der Waals surface area (Å²) in [6.07, 6.45) is 5.55. The van der Waals surface area contributed by atoms with Crippen molar-refractivity contribution in [2.75, 3.05) is 19.7 Å². The van der Waals surface area contributed by atoms with E-state index in [0.29, 0.717) is 19.1 Å². The first-order chi connectivity index (χ1) is 9.58. The third-order valence-electron chi connectivity index (χ3n) is 3.06. The second-order valence-electron chi connectivity index (χ2n) is 5.75. The van der Waals surface area contributed by atoms with Crippen molar-refractivity contribution < 1.29 is 9.84 Å². The number of aromatic nitrogens is 2. The highest BCUT2D eigenvalue weighted by atomic mass is 16.5. The Morgan fingerprint density at radius 3 is 2.80 bits per heavy atom. The van der Waals surface area contributed by atoms with Gasteiger partial charge in [-0.3, -0.25) is 4.68 Å². The predicted molar refractivity (Wildman–Crippen MR) is 80.6 cm³/mol. The van der Waals surface area contributed by atoms with Crippen LogP contribution in [-0.2, 0) is 11.3 Å². The summed E-state index contributed by atoms with van der Waals surface area (Å²) in [7, 11) is 0. The predicted octanol–water partition coefficient (Wildman–Crippen LogP) is 1.67. The quantitative estimate of drug-likeness (QED) is 0.607. The van der Waals surface area contributed by atoms with Crippen LogP contribution in [0.25, 0.3) is 0 Å². The van der Waals surface area contributed by atoms with E-state index in [9.17, 15) is 5.11 Å². The molecule has 1 heterocycles. The SMILES string of the molecule is CC(C)CC(C)OCC(O)CNCCCn1cccn1. The summed E-state index contributed by atoms with van der Waals surface area (Å²) in [5, 5.41) is 17.2. The molecular weight excluding hydrogens is 254 g/mol. The molecule has 0 aromatic carbocycles. The van der Waals surface area contributed by atoms with Gasteiger partial charge >= 0.3 is 0 Å². The van der Waals surface area contributed by atoms with Crippen molar-refractivity contribution in [1.29, 1.82) is 0 Å². The fourth-order valence-electron chi connectivity index (χ4n) is 2.13. The van der Waals surface area contributed by atoms with Crippen molar-refractivity contribution in [3.8, 4) is 0 Å². The third-order valence-corrected chi connectivity index (χ3v) is 3.06. The molecule has 0 bridgehead atoms. The second-order valence-corrected chi connectivity index (χ2v) is 5.75. The van der Waals surface area contributed by atoms with Gasteiger partial charge in [0, 0.05) is 25.5 Å². The molecule has 2 unspecified atom stereocenters. The van der Waals surface area contributed by atoms with Crippen LogP contribution >= 0.6 is 0 Å². The monoisotopic (exact) mass is 283 g/mol. The van der Waals surface area contributed by atoms with Crippen molar-refractivity contribution in [2.24, 2.45) is 5.92 Å². The van der Waals surface area contributed by atoms with Gasteiger partial charge in [0.1, 0.15) is 0 Å². The Kier molecular flexibility index (Phi) is 8.49. The van der Waals surface area contributed by atoms with E-state index in [2.05, 4.69) is 31.2 Å². The molecule has 0 saturated heterocycles. The van der Waals surface area contributed by atoms with E-state index in [4.69, 9.17) is 4.74 Å². The molecule has 0 aliphatic heterocycles. The van der Waals surface area contributed by atoms with Gasteiger partial charge in [-0.2, -0.15) is 5.10 Å². The first-order valence-electron chi connectivity index (χ1n) is 7.55. The highest BCUT2D eigenvalue weighted by Gasteiger charge is 2.09. The van der Waals surface area contributed by atoms with Crippen molar-refractivity contribution in [3.63, 3.8) is 0 Å². The lowest BCUT2D eigenvalue weighted by Gasteiger charge is -2.18. The van der Waals surface area contributed by atoms with Gasteiger partial charge in [0.05, 0.1) is 18.8 Å². The van der Waals surface area contributed by atoms with E-state index in [1.807, 2.05) is 16.9 Å². The highest BCUT2D eigenvalue weighted by molar-refractivity contribution is 4.77. The Labute approximate surface area is 122 Å². The largest absolute Gasteiger partial charge is 0.389 e. The average molecular weight is 283 g/mol. The summed E-state index contributed by atoms with van der Waals surface area (Å²) >= 11 is 0. The van der Waals surface area contributed by atoms with Crippen molar-refractivity contribution in [1.82, 2.24) is 15.1 Å². The highest BCUT2D eigenvalue weighted by Crippen LogP contribution is 2.07. The molecule has 0 amide bonds. The number of hydrogen-bond donors (Lipinski definition) is 2. The molecule has 20 heavy (non-hydrogen) atoms. The lowest BCUT2D eigenvalue weighted by molar-refractivity contribution is -0.00844. The summed E-state index contributed by atoms with van der Waals surface area (Å²) in [4.78, 5) is 0. The second kappa shape index (κ2) is 9.91. The first kappa shape index (κ1) is 17.1. The van der Waals surface area contributed by atoms with Crippen molar-refractivity contribution in [2.45, 2.75) is 52.4 Å². The zero-order valence-electron chi connectivity index (χ0n) is 13.0. The maximum atomic E-state index is 9.81. The van der Waals surface area contributed by atoms with E-state index >= 15 is 0 Å². The van der Waals surface area contributed by atoms with E-state index in [-0.39, 0.29) is 6.10 Å². The van der Waals surface area contributed by atoms with Crippen LogP contribution in [0.3, 0.4) is 0 Å². The molecule has 2 atom stereocenters. The van der Waals surface area contributed by atoms with E-state index in [1.54, 1.807) is 6.20 Å². The number of aliphatic hydroxyl groups is 1. The lowest BCUT2D eigenvalue weighted by Crippen LogP contribution is -2.32. The zero-order chi connectivity index (χ0) is 14.8. The van der Waals surface area contributed by atoms with Gasteiger partial charge < -0.3 is 15.2 Å². The number of ether oxygens (including phenoxy) is 1. The number of aliphatic hydroxyl groups excluding tert-OH is 1. The maximum absolute atomic E-state index is 9.81. The molecule has 0 fully saturated rings. The van der Waals surface area contributed by atoms with E-state index in [1.165, 1.54) is 0 Å². The Hall–Kier alpha value is -0.910. The molecular formula is C15H29N3O2. The van der Waals surface area contributed by atoms with Crippen molar-refractivity contribution in [3.05, 3.63) is 18.5 Å². The normalized spacial score (nSPS) is 14.7. The van der Waals surface area contributed by atoms with Crippen molar-refractivity contribution >= 4 is 0 Å². The van der Waals surface area contributed by atoms with Gasteiger partial charge in [0.2, 0.25) is 0 Å². The molecule has 0 aliphatic carbocycles. The third kappa shape index (κ3) is 8.30. The molecule has 0 radical (unpaired) electrons. The lowest BCUT2D eigenvalue weighted by atomic mass is 10.1. The number of nitrogens with one attached hydrogen (secondary N) is 1. The number of rotatable bonds is 11. The first-order valence-corrected chi connectivity index (χ1v) is 7.55. The van der Waals surface area contributed by atoms with Crippen LogP contribution in [0.2, 0.25) is 0 Å². The molecule has 5 nitrogen and oxygen atoms in total. The van der Waals surface area contributed by atoms with Gasteiger partial charge in [-0.05, 0) is 38.3 Å². The Morgan fingerprint density at radius 1 is 1.35 bits per heavy atom. The fourth-order valence-corrected chi connectivity index (χ4v) is 2.13. The minimum absolute atomic E-state index is 0.212. The summed E-state index contributed by atoms with van der Waals surface area (Å²) in [5.74, 6) is 0.627. The Bertz CT molecular complexity index is 328. The molecule has 2 N–H and O–H groups in total. The molecule has 0 spiro atoms. The zero-order valence-corrected chi connectivity index (χ0v) is 13.0. The maximum Gasteiger partial charge on any atom is 0.0897 e. The van der Waals surface area contributed by atoms with E-state index in [0.717, 1.165) is 25.9 Å².